The maximum Gasteiger partial charge on any atom is 0.225 e. The molecule has 0 saturated carbocycles. The molecule has 2 amide bonds. The van der Waals surface area contributed by atoms with Crippen LogP contribution in [-0.4, -0.2) is 34.8 Å². The number of nitrogens with zero attached hydrogens (tertiary/aromatic N) is 2. The highest BCUT2D eigenvalue weighted by molar-refractivity contribution is 7.09. The molecule has 0 radical (unpaired) electrons. The van der Waals surface area contributed by atoms with E-state index in [1.54, 1.807) is 11.3 Å². The number of benzene rings is 1. The molecule has 1 aromatic carbocycles. The fourth-order valence-corrected chi connectivity index (χ4v) is 4.62. The lowest BCUT2D eigenvalue weighted by Crippen LogP contribution is -2.48. The molecule has 1 fully saturated rings. The fourth-order valence-electron chi connectivity index (χ4n) is 3.84. The van der Waals surface area contributed by atoms with Gasteiger partial charge in [-0.15, -0.1) is 11.3 Å². The number of hydrogen-bond donors (Lipinski definition) is 1. The third-order valence-electron chi connectivity index (χ3n) is 5.20. The van der Waals surface area contributed by atoms with Gasteiger partial charge in [-0.25, -0.2) is 4.98 Å². The highest BCUT2D eigenvalue weighted by Crippen LogP contribution is 2.38. The molecule has 2 aromatic rings. The Hall–Kier alpha value is -2.21. The molecule has 0 bridgehead atoms. The van der Waals surface area contributed by atoms with Gasteiger partial charge in [0.15, 0.2) is 0 Å². The number of aromatic nitrogens is 1. The topological polar surface area (TPSA) is 62.3 Å². The van der Waals surface area contributed by atoms with Crippen LogP contribution in [0.1, 0.15) is 47.6 Å². The summed E-state index contributed by atoms with van der Waals surface area (Å²) in [5, 5.41) is 6.14. The van der Waals surface area contributed by atoms with Crippen LogP contribution in [0.25, 0.3) is 0 Å². The van der Waals surface area contributed by atoms with Gasteiger partial charge in [-0.3, -0.25) is 9.59 Å². The average Bonchev–Trinajstić information content (AvgIpc) is 3.07. The minimum Gasteiger partial charge on any atom is -0.355 e. The van der Waals surface area contributed by atoms with Crippen LogP contribution in [0.5, 0.6) is 0 Å². The summed E-state index contributed by atoms with van der Waals surface area (Å²) in [6.07, 6.45) is 1.76. The lowest BCUT2D eigenvalue weighted by atomic mass is 9.82. The van der Waals surface area contributed by atoms with Crippen LogP contribution in [0, 0.1) is 19.8 Å². The summed E-state index contributed by atoms with van der Waals surface area (Å²) < 4.78 is 0. The van der Waals surface area contributed by atoms with Gasteiger partial charge in [-0.1, -0.05) is 24.3 Å². The van der Waals surface area contributed by atoms with Crippen LogP contribution in [0.3, 0.4) is 0 Å². The first kappa shape index (κ1) is 19.5. The average molecular weight is 386 g/mol. The van der Waals surface area contributed by atoms with Gasteiger partial charge in [-0.05, 0) is 38.3 Å². The number of amides is 2. The quantitative estimate of drug-likeness (QED) is 0.829. The molecule has 1 saturated heterocycles. The predicted octanol–water partition coefficient (Wildman–Crippen LogP) is 3.42. The highest BCUT2D eigenvalue weighted by Gasteiger charge is 2.40. The monoisotopic (exact) mass is 385 g/mol. The Morgan fingerprint density at radius 2 is 2.11 bits per heavy atom. The number of carbonyl (C=O) groups is 2. The van der Waals surface area contributed by atoms with Crippen LogP contribution in [-0.2, 0) is 16.0 Å². The summed E-state index contributed by atoms with van der Waals surface area (Å²) in [6, 6.07) is 7.86. The summed E-state index contributed by atoms with van der Waals surface area (Å²) in [6.45, 7) is 7.18. The molecule has 0 aliphatic carbocycles. The van der Waals surface area contributed by atoms with E-state index in [-0.39, 0.29) is 23.8 Å². The van der Waals surface area contributed by atoms with Gasteiger partial charge in [0.25, 0.3) is 0 Å². The molecule has 0 unspecified atom stereocenters. The van der Waals surface area contributed by atoms with Crippen molar-refractivity contribution in [2.45, 2.75) is 46.1 Å². The molecule has 1 N–H and O–H groups in total. The highest BCUT2D eigenvalue weighted by atomic mass is 32.1. The second-order valence-electron chi connectivity index (χ2n) is 7.05. The van der Waals surface area contributed by atoms with Gasteiger partial charge >= 0.3 is 0 Å². The fraction of sp³-hybridized carbons (Fsp3) is 0.476. The molecule has 2 heterocycles. The van der Waals surface area contributed by atoms with Gasteiger partial charge in [0, 0.05) is 37.0 Å². The Labute approximate surface area is 164 Å². The lowest BCUT2D eigenvalue weighted by molar-refractivity contribution is -0.143. The second-order valence-corrected chi connectivity index (χ2v) is 7.99. The molecule has 5 nitrogen and oxygen atoms in total. The van der Waals surface area contributed by atoms with E-state index >= 15 is 0 Å². The summed E-state index contributed by atoms with van der Waals surface area (Å²) in [7, 11) is 0. The van der Waals surface area contributed by atoms with E-state index in [2.05, 4.69) is 10.3 Å². The zero-order valence-corrected chi connectivity index (χ0v) is 17.0. The molecular formula is C21H27N3O2S. The number of rotatable bonds is 6. The first-order chi connectivity index (χ1) is 13.0. The number of carbonyl (C=O) groups excluding carboxylic acids is 2. The Balaban J connectivity index is 1.75. The standard InChI is InChI=1S/C21H27N3O2S/c1-4-24-19(25)10-9-17(20(24)16-8-6-5-7-14(16)2)21(26)22-12-11-18-23-15(3)13-27-18/h5-8,13,17,20H,4,9-12H2,1-3H3,(H,22,26)/t17-,20+/m1/s1. The van der Waals surface area contributed by atoms with E-state index in [4.69, 9.17) is 0 Å². The van der Waals surface area contributed by atoms with Gasteiger partial charge in [0.1, 0.15) is 0 Å². The lowest BCUT2D eigenvalue weighted by Gasteiger charge is -2.41. The predicted molar refractivity (Wildman–Crippen MR) is 108 cm³/mol. The van der Waals surface area contributed by atoms with Crippen molar-refractivity contribution < 1.29 is 9.59 Å². The van der Waals surface area contributed by atoms with Crippen molar-refractivity contribution in [2.75, 3.05) is 13.1 Å². The maximum absolute atomic E-state index is 13.0. The third kappa shape index (κ3) is 4.38. The first-order valence-corrected chi connectivity index (χ1v) is 10.4. The molecule has 144 valence electrons. The van der Waals surface area contributed by atoms with Crippen molar-refractivity contribution in [3.8, 4) is 0 Å². The minimum absolute atomic E-state index is 0.0301. The Kier molecular flexibility index (Phi) is 6.26. The van der Waals surface area contributed by atoms with E-state index in [0.717, 1.165) is 28.2 Å². The van der Waals surface area contributed by atoms with Crippen LogP contribution in [0.2, 0.25) is 0 Å². The summed E-state index contributed by atoms with van der Waals surface area (Å²) in [5.41, 5.74) is 3.21. The van der Waals surface area contributed by atoms with Gasteiger partial charge in [-0.2, -0.15) is 0 Å². The number of hydrogen-bond acceptors (Lipinski definition) is 4. The zero-order chi connectivity index (χ0) is 19.4. The zero-order valence-electron chi connectivity index (χ0n) is 16.2. The smallest absolute Gasteiger partial charge is 0.225 e. The molecule has 2 atom stereocenters. The van der Waals surface area contributed by atoms with Crippen molar-refractivity contribution in [1.82, 2.24) is 15.2 Å². The normalized spacial score (nSPS) is 20.0. The number of likely N-dealkylation sites (tertiary alicyclic amines) is 1. The van der Waals surface area contributed by atoms with Gasteiger partial charge in [0.05, 0.1) is 17.0 Å². The largest absolute Gasteiger partial charge is 0.355 e. The minimum atomic E-state index is -0.221. The number of nitrogens with one attached hydrogen (secondary N) is 1. The Bertz CT molecular complexity index is 817. The van der Waals surface area contributed by atoms with Crippen LogP contribution >= 0.6 is 11.3 Å². The van der Waals surface area contributed by atoms with Crippen molar-refractivity contribution in [2.24, 2.45) is 5.92 Å². The first-order valence-electron chi connectivity index (χ1n) is 9.55. The van der Waals surface area contributed by atoms with Crippen molar-refractivity contribution >= 4 is 23.2 Å². The molecule has 6 heteroatoms. The van der Waals surface area contributed by atoms with E-state index in [1.165, 1.54) is 0 Å². The van der Waals surface area contributed by atoms with Crippen molar-refractivity contribution in [3.63, 3.8) is 0 Å². The molecule has 0 spiro atoms. The number of piperidine rings is 1. The SMILES string of the molecule is CCN1C(=O)CC[C@@H](C(=O)NCCc2nc(C)cs2)[C@@H]1c1ccccc1C. The van der Waals surface area contributed by atoms with Crippen molar-refractivity contribution in [1.29, 1.82) is 0 Å². The molecule has 1 aliphatic heterocycles. The van der Waals surface area contributed by atoms with E-state index in [1.807, 2.05) is 55.3 Å². The Morgan fingerprint density at radius 1 is 1.33 bits per heavy atom. The second kappa shape index (κ2) is 8.65. The van der Waals surface area contributed by atoms with Crippen molar-refractivity contribution in [3.05, 3.63) is 51.5 Å². The van der Waals surface area contributed by atoms with Crippen LogP contribution < -0.4 is 5.32 Å². The third-order valence-corrected chi connectivity index (χ3v) is 6.22. The summed E-state index contributed by atoms with van der Waals surface area (Å²) >= 11 is 1.63. The van der Waals surface area contributed by atoms with E-state index < -0.39 is 0 Å². The molecule has 27 heavy (non-hydrogen) atoms. The van der Waals surface area contributed by atoms with Crippen LogP contribution in [0.4, 0.5) is 0 Å². The summed E-state index contributed by atoms with van der Waals surface area (Å²) in [5.74, 6) is -0.0580. The number of aryl methyl sites for hydroxylation is 2. The molecule has 1 aromatic heterocycles. The molecule has 1 aliphatic rings. The molecular weight excluding hydrogens is 358 g/mol. The molecule has 3 rings (SSSR count). The van der Waals surface area contributed by atoms with E-state index in [9.17, 15) is 9.59 Å². The van der Waals surface area contributed by atoms with Gasteiger partial charge in [0.2, 0.25) is 11.8 Å². The van der Waals surface area contributed by atoms with Crippen LogP contribution in [0.15, 0.2) is 29.6 Å². The maximum atomic E-state index is 13.0. The van der Waals surface area contributed by atoms with E-state index in [0.29, 0.717) is 25.9 Å². The van der Waals surface area contributed by atoms with Gasteiger partial charge < -0.3 is 10.2 Å². The summed E-state index contributed by atoms with van der Waals surface area (Å²) in [4.78, 5) is 31.8. The Morgan fingerprint density at radius 3 is 2.78 bits per heavy atom. The number of thiazole rings is 1.